The highest BCUT2D eigenvalue weighted by Crippen LogP contribution is 2.35. The Labute approximate surface area is 138 Å². The standard InChI is InChI=1S/C18H20FN3O2/c19-14-4-1-3-12-15(14)21-9-13(16(12)23)17(24)22-8-2-5-18(11-22)6-7-20-10-18/h1,3-4,9,20H,2,5-8,10-11H2,(H,21,23). The second kappa shape index (κ2) is 5.70. The number of para-hydroxylation sites is 1. The molecule has 4 rings (SSSR count). The second-order valence-electron chi connectivity index (χ2n) is 6.95. The van der Waals surface area contributed by atoms with Crippen molar-refractivity contribution in [1.29, 1.82) is 0 Å². The Morgan fingerprint density at radius 1 is 1.29 bits per heavy atom. The number of likely N-dealkylation sites (tertiary alicyclic amines) is 1. The van der Waals surface area contributed by atoms with Gasteiger partial charge in [-0.15, -0.1) is 0 Å². The number of fused-ring (bicyclic) bond motifs is 1. The Kier molecular flexibility index (Phi) is 3.64. The van der Waals surface area contributed by atoms with Crippen LogP contribution in [0.15, 0.2) is 29.2 Å². The van der Waals surface area contributed by atoms with Crippen molar-refractivity contribution in [3.05, 3.63) is 46.0 Å². The number of amides is 1. The Hall–Kier alpha value is -2.21. The molecule has 2 saturated heterocycles. The number of aromatic nitrogens is 1. The van der Waals surface area contributed by atoms with Crippen LogP contribution >= 0.6 is 0 Å². The first-order chi connectivity index (χ1) is 11.6. The number of halogens is 1. The quantitative estimate of drug-likeness (QED) is 0.840. The molecule has 2 aliphatic heterocycles. The van der Waals surface area contributed by atoms with Gasteiger partial charge in [0.2, 0.25) is 5.43 Å². The zero-order valence-corrected chi connectivity index (χ0v) is 13.4. The van der Waals surface area contributed by atoms with Crippen LogP contribution in [0, 0.1) is 11.2 Å². The molecule has 3 heterocycles. The van der Waals surface area contributed by atoms with E-state index in [0.29, 0.717) is 13.1 Å². The smallest absolute Gasteiger partial charge is 0.259 e. The lowest BCUT2D eigenvalue weighted by Gasteiger charge is -2.40. The van der Waals surface area contributed by atoms with E-state index in [1.165, 1.54) is 18.3 Å². The van der Waals surface area contributed by atoms with Gasteiger partial charge in [0, 0.05) is 36.6 Å². The second-order valence-corrected chi connectivity index (χ2v) is 6.95. The maximum absolute atomic E-state index is 13.8. The lowest BCUT2D eigenvalue weighted by Crippen LogP contribution is -2.48. The number of carbonyl (C=O) groups excluding carboxylic acids is 1. The molecule has 6 heteroatoms. The number of carbonyl (C=O) groups is 1. The number of nitrogens with zero attached hydrogens (tertiary/aromatic N) is 1. The summed E-state index contributed by atoms with van der Waals surface area (Å²) in [6.07, 6.45) is 4.48. The van der Waals surface area contributed by atoms with Crippen molar-refractivity contribution < 1.29 is 9.18 Å². The summed E-state index contributed by atoms with van der Waals surface area (Å²) in [6, 6.07) is 4.33. The van der Waals surface area contributed by atoms with Crippen molar-refractivity contribution >= 4 is 16.8 Å². The monoisotopic (exact) mass is 329 g/mol. The zero-order valence-electron chi connectivity index (χ0n) is 13.4. The summed E-state index contributed by atoms with van der Waals surface area (Å²) in [5.41, 5.74) is -0.0217. The van der Waals surface area contributed by atoms with Gasteiger partial charge in [-0.05, 0) is 37.9 Å². The van der Waals surface area contributed by atoms with Crippen LogP contribution in [0.1, 0.15) is 29.6 Å². The number of H-pyrrole nitrogens is 1. The highest BCUT2D eigenvalue weighted by molar-refractivity contribution is 5.97. The molecular formula is C18H20FN3O2. The molecular weight excluding hydrogens is 309 g/mol. The fourth-order valence-electron chi connectivity index (χ4n) is 4.07. The number of nitrogens with one attached hydrogen (secondary N) is 2. The summed E-state index contributed by atoms with van der Waals surface area (Å²) in [5.74, 6) is -0.744. The Morgan fingerprint density at radius 3 is 2.96 bits per heavy atom. The molecule has 0 radical (unpaired) electrons. The van der Waals surface area contributed by atoms with Crippen LogP contribution < -0.4 is 10.7 Å². The predicted molar refractivity (Wildman–Crippen MR) is 89.6 cm³/mol. The molecule has 2 aromatic rings. The highest BCUT2D eigenvalue weighted by Gasteiger charge is 2.39. The molecule has 2 N–H and O–H groups in total. The molecule has 1 unspecified atom stereocenters. The van der Waals surface area contributed by atoms with E-state index in [2.05, 4.69) is 10.3 Å². The topological polar surface area (TPSA) is 65.2 Å². The number of piperidine rings is 1. The molecule has 126 valence electrons. The molecule has 0 bridgehead atoms. The number of aromatic amines is 1. The van der Waals surface area contributed by atoms with Crippen molar-refractivity contribution in [2.24, 2.45) is 5.41 Å². The van der Waals surface area contributed by atoms with E-state index in [1.54, 1.807) is 11.0 Å². The van der Waals surface area contributed by atoms with Crippen molar-refractivity contribution in [2.75, 3.05) is 26.2 Å². The maximum atomic E-state index is 13.8. The van der Waals surface area contributed by atoms with Crippen LogP contribution in [-0.2, 0) is 0 Å². The first kappa shape index (κ1) is 15.3. The first-order valence-corrected chi connectivity index (χ1v) is 8.40. The van der Waals surface area contributed by atoms with Crippen molar-refractivity contribution in [1.82, 2.24) is 15.2 Å². The number of hydrogen-bond acceptors (Lipinski definition) is 3. The van der Waals surface area contributed by atoms with Gasteiger partial charge < -0.3 is 15.2 Å². The van der Waals surface area contributed by atoms with Gasteiger partial charge >= 0.3 is 0 Å². The molecule has 1 aromatic heterocycles. The molecule has 1 atom stereocenters. The lowest BCUT2D eigenvalue weighted by atomic mass is 9.79. The SMILES string of the molecule is O=C(c1c[nH]c2c(F)cccc2c1=O)N1CCCC2(CCNC2)C1. The van der Waals surface area contributed by atoms with Gasteiger partial charge in [0.05, 0.1) is 5.52 Å². The van der Waals surface area contributed by atoms with E-state index in [9.17, 15) is 14.0 Å². The number of rotatable bonds is 1. The summed E-state index contributed by atoms with van der Waals surface area (Å²) in [5, 5.41) is 3.59. The van der Waals surface area contributed by atoms with E-state index in [0.717, 1.165) is 32.4 Å². The highest BCUT2D eigenvalue weighted by atomic mass is 19.1. The fraction of sp³-hybridized carbons (Fsp3) is 0.444. The summed E-state index contributed by atoms with van der Waals surface area (Å²) < 4.78 is 13.8. The molecule has 1 aromatic carbocycles. The Morgan fingerprint density at radius 2 is 2.17 bits per heavy atom. The Bertz CT molecular complexity index is 855. The van der Waals surface area contributed by atoms with Gasteiger partial charge in [-0.2, -0.15) is 0 Å². The molecule has 1 amide bonds. The van der Waals surface area contributed by atoms with E-state index >= 15 is 0 Å². The first-order valence-electron chi connectivity index (χ1n) is 8.40. The number of pyridine rings is 1. The minimum absolute atomic E-state index is 0.0936. The predicted octanol–water partition coefficient (Wildman–Crippen LogP) is 1.88. The fourth-order valence-corrected chi connectivity index (χ4v) is 4.07. The van der Waals surface area contributed by atoms with Gasteiger partial charge in [-0.1, -0.05) is 6.07 Å². The largest absolute Gasteiger partial charge is 0.358 e. The average molecular weight is 329 g/mol. The number of hydrogen-bond donors (Lipinski definition) is 2. The van der Waals surface area contributed by atoms with E-state index in [-0.39, 0.29) is 27.8 Å². The van der Waals surface area contributed by atoms with E-state index in [4.69, 9.17) is 0 Å². The molecule has 0 saturated carbocycles. The Balaban J connectivity index is 1.68. The molecule has 24 heavy (non-hydrogen) atoms. The van der Waals surface area contributed by atoms with Crippen molar-refractivity contribution in [3.63, 3.8) is 0 Å². The van der Waals surface area contributed by atoms with Gasteiger partial charge in [0.1, 0.15) is 11.4 Å². The van der Waals surface area contributed by atoms with Crippen LogP contribution in [0.25, 0.3) is 10.9 Å². The van der Waals surface area contributed by atoms with Crippen LogP contribution in [0.4, 0.5) is 4.39 Å². The normalized spacial score (nSPS) is 24.0. The molecule has 2 aliphatic rings. The van der Waals surface area contributed by atoms with E-state index in [1.807, 2.05) is 0 Å². The third-order valence-corrected chi connectivity index (χ3v) is 5.37. The zero-order chi connectivity index (χ0) is 16.7. The molecule has 2 fully saturated rings. The van der Waals surface area contributed by atoms with Gasteiger partial charge in [-0.3, -0.25) is 9.59 Å². The van der Waals surface area contributed by atoms with Crippen LogP contribution in [0.3, 0.4) is 0 Å². The lowest BCUT2D eigenvalue weighted by molar-refractivity contribution is 0.0552. The molecule has 0 aliphatic carbocycles. The molecule has 1 spiro atoms. The van der Waals surface area contributed by atoms with Gasteiger partial charge in [0.15, 0.2) is 0 Å². The third kappa shape index (κ3) is 2.41. The summed E-state index contributed by atoms with van der Waals surface area (Å²) in [4.78, 5) is 30.1. The van der Waals surface area contributed by atoms with Crippen LogP contribution in [0.5, 0.6) is 0 Å². The van der Waals surface area contributed by atoms with Crippen LogP contribution in [0.2, 0.25) is 0 Å². The third-order valence-electron chi connectivity index (χ3n) is 5.37. The summed E-state index contributed by atoms with van der Waals surface area (Å²) >= 11 is 0. The summed E-state index contributed by atoms with van der Waals surface area (Å²) in [7, 11) is 0. The van der Waals surface area contributed by atoms with Crippen LogP contribution in [-0.4, -0.2) is 42.0 Å². The summed E-state index contributed by atoms with van der Waals surface area (Å²) in [6.45, 7) is 3.26. The minimum atomic E-state index is -0.488. The van der Waals surface area contributed by atoms with Gasteiger partial charge in [0.25, 0.3) is 5.91 Å². The average Bonchev–Trinajstić information content (AvgIpc) is 3.03. The molecule has 5 nitrogen and oxygen atoms in total. The van der Waals surface area contributed by atoms with Crippen molar-refractivity contribution in [2.45, 2.75) is 19.3 Å². The number of benzene rings is 1. The van der Waals surface area contributed by atoms with Gasteiger partial charge in [-0.25, -0.2) is 4.39 Å². The van der Waals surface area contributed by atoms with E-state index < -0.39 is 11.2 Å². The minimum Gasteiger partial charge on any atom is -0.358 e. The maximum Gasteiger partial charge on any atom is 0.259 e. The van der Waals surface area contributed by atoms with Crippen molar-refractivity contribution in [3.8, 4) is 0 Å².